The van der Waals surface area contributed by atoms with Crippen molar-refractivity contribution in [1.29, 1.82) is 0 Å². The first-order chi connectivity index (χ1) is 13.2. The van der Waals surface area contributed by atoms with Gasteiger partial charge in [0.25, 0.3) is 11.7 Å². The lowest BCUT2D eigenvalue weighted by molar-refractivity contribution is 0.102. The van der Waals surface area contributed by atoms with Crippen LogP contribution in [-0.4, -0.2) is 25.5 Å². The molecule has 4 aromatic rings. The van der Waals surface area contributed by atoms with Crippen LogP contribution < -0.4 is 5.32 Å². The average molecular weight is 375 g/mol. The van der Waals surface area contributed by atoms with E-state index in [0.29, 0.717) is 11.3 Å². The van der Waals surface area contributed by atoms with Gasteiger partial charge in [-0.1, -0.05) is 36.9 Å². The maximum atomic E-state index is 12.2. The Kier molecular flexibility index (Phi) is 4.84. The number of carbonyl (C=O) groups is 1. The molecule has 0 aliphatic rings. The van der Waals surface area contributed by atoms with E-state index in [1.54, 1.807) is 28.4 Å². The van der Waals surface area contributed by atoms with Gasteiger partial charge in [0.05, 0.1) is 0 Å². The van der Waals surface area contributed by atoms with Gasteiger partial charge in [-0.05, 0) is 48.9 Å². The molecule has 134 valence electrons. The van der Waals surface area contributed by atoms with Crippen LogP contribution in [0, 0.1) is 0 Å². The van der Waals surface area contributed by atoms with Crippen LogP contribution in [0.5, 0.6) is 0 Å². The zero-order valence-electron chi connectivity index (χ0n) is 14.7. The fraction of sp³-hybridized carbons (Fsp3) is 0.100. The molecule has 27 heavy (non-hydrogen) atoms. The summed E-state index contributed by atoms with van der Waals surface area (Å²) in [4.78, 5) is 21.9. The summed E-state index contributed by atoms with van der Waals surface area (Å²) >= 11 is 1.58. The molecule has 0 fully saturated rings. The molecule has 2 aromatic heterocycles. The highest BCUT2D eigenvalue weighted by Gasteiger charge is 2.09. The van der Waals surface area contributed by atoms with Crippen molar-refractivity contribution in [3.63, 3.8) is 0 Å². The van der Waals surface area contributed by atoms with Crippen molar-refractivity contribution in [2.75, 3.05) is 5.32 Å². The first-order valence-corrected chi connectivity index (χ1v) is 9.38. The van der Waals surface area contributed by atoms with Gasteiger partial charge in [0.15, 0.2) is 0 Å². The molecule has 2 aromatic carbocycles. The van der Waals surface area contributed by atoms with E-state index in [1.165, 1.54) is 6.33 Å². The van der Waals surface area contributed by atoms with Gasteiger partial charge in [-0.3, -0.25) is 4.79 Å². The molecule has 1 amide bonds. The number of hydrogen-bond acceptors (Lipinski definition) is 5. The smallest absolute Gasteiger partial charge is 0.255 e. The highest BCUT2D eigenvalue weighted by molar-refractivity contribution is 7.99. The molecular formula is C20H17N5OS. The second kappa shape index (κ2) is 7.59. The minimum atomic E-state index is -0.123. The number of nitrogens with zero attached hydrogens (tertiary/aromatic N) is 4. The van der Waals surface area contributed by atoms with Crippen LogP contribution in [0.15, 0.2) is 76.9 Å². The lowest BCUT2D eigenvalue weighted by Gasteiger charge is -2.08. The number of benzene rings is 2. The van der Waals surface area contributed by atoms with Crippen molar-refractivity contribution in [3.05, 3.63) is 78.2 Å². The topological polar surface area (TPSA) is 72.2 Å². The number of aryl methyl sites for hydroxylation is 1. The molecule has 4 rings (SSSR count). The van der Waals surface area contributed by atoms with Crippen molar-refractivity contribution in [2.24, 2.45) is 0 Å². The maximum Gasteiger partial charge on any atom is 0.255 e. The summed E-state index contributed by atoms with van der Waals surface area (Å²) in [5, 5.41) is 8.11. The maximum absolute atomic E-state index is 12.2. The van der Waals surface area contributed by atoms with E-state index in [2.05, 4.69) is 27.3 Å². The molecule has 0 saturated heterocycles. The van der Waals surface area contributed by atoms with E-state index in [1.807, 2.05) is 48.5 Å². The Labute approximate surface area is 160 Å². The van der Waals surface area contributed by atoms with Gasteiger partial charge >= 0.3 is 0 Å². The van der Waals surface area contributed by atoms with Crippen LogP contribution in [0.3, 0.4) is 0 Å². The Balaban J connectivity index is 1.52. The summed E-state index contributed by atoms with van der Waals surface area (Å²) in [5.41, 5.74) is 2.36. The first-order valence-electron chi connectivity index (χ1n) is 8.57. The SMILES string of the molecule is CCc1cc(Sc2ccc(NC(=O)c3ccccc3)cc2)n2ncnc2n1. The molecule has 7 heteroatoms. The van der Waals surface area contributed by atoms with Gasteiger partial charge in [-0.25, -0.2) is 4.98 Å². The van der Waals surface area contributed by atoms with Crippen molar-refractivity contribution in [3.8, 4) is 0 Å². The van der Waals surface area contributed by atoms with E-state index < -0.39 is 0 Å². The summed E-state index contributed by atoms with van der Waals surface area (Å²) in [5.74, 6) is 0.477. The number of carbonyl (C=O) groups excluding carboxylic acids is 1. The highest BCUT2D eigenvalue weighted by atomic mass is 32.2. The second-order valence-corrected chi connectivity index (χ2v) is 6.95. The third kappa shape index (κ3) is 3.83. The van der Waals surface area contributed by atoms with Crippen LogP contribution in [0.1, 0.15) is 23.0 Å². The third-order valence-corrected chi connectivity index (χ3v) is 5.01. The minimum absolute atomic E-state index is 0.123. The molecule has 0 spiro atoms. The van der Waals surface area contributed by atoms with E-state index in [-0.39, 0.29) is 5.91 Å². The number of fused-ring (bicyclic) bond motifs is 1. The Hall–Kier alpha value is -3.19. The van der Waals surface area contributed by atoms with E-state index >= 15 is 0 Å². The molecule has 0 unspecified atom stereocenters. The lowest BCUT2D eigenvalue weighted by atomic mass is 10.2. The monoisotopic (exact) mass is 375 g/mol. The number of aromatic nitrogens is 4. The van der Waals surface area contributed by atoms with Crippen molar-refractivity contribution in [1.82, 2.24) is 19.6 Å². The largest absolute Gasteiger partial charge is 0.322 e. The van der Waals surface area contributed by atoms with Crippen molar-refractivity contribution < 1.29 is 4.79 Å². The summed E-state index contributed by atoms with van der Waals surface area (Å²) in [7, 11) is 0. The third-order valence-electron chi connectivity index (χ3n) is 4.01. The van der Waals surface area contributed by atoms with E-state index in [0.717, 1.165) is 27.7 Å². The van der Waals surface area contributed by atoms with Gasteiger partial charge in [0.1, 0.15) is 11.4 Å². The fourth-order valence-corrected chi connectivity index (χ4v) is 3.53. The van der Waals surface area contributed by atoms with Crippen LogP contribution in [0.4, 0.5) is 5.69 Å². The first kappa shape index (κ1) is 17.2. The minimum Gasteiger partial charge on any atom is -0.322 e. The highest BCUT2D eigenvalue weighted by Crippen LogP contribution is 2.29. The van der Waals surface area contributed by atoms with Gasteiger partial charge in [0.2, 0.25) is 0 Å². The summed E-state index contributed by atoms with van der Waals surface area (Å²) in [6, 6.07) is 18.9. The molecule has 1 N–H and O–H groups in total. The van der Waals surface area contributed by atoms with Crippen LogP contribution in [-0.2, 0) is 6.42 Å². The standard InChI is InChI=1S/C20H17N5OS/c1-2-15-12-18(25-20(24-15)21-13-22-25)27-17-10-8-16(9-11-17)23-19(26)14-6-4-3-5-7-14/h3-13H,2H2,1H3,(H,23,26). The predicted octanol–water partition coefficient (Wildman–Crippen LogP) is 4.09. The van der Waals surface area contributed by atoms with Gasteiger partial charge in [0, 0.05) is 21.8 Å². The van der Waals surface area contributed by atoms with E-state index in [9.17, 15) is 4.79 Å². The van der Waals surface area contributed by atoms with Crippen LogP contribution in [0.2, 0.25) is 0 Å². The molecule has 0 radical (unpaired) electrons. The van der Waals surface area contributed by atoms with Crippen LogP contribution >= 0.6 is 11.8 Å². The average Bonchev–Trinajstić information content (AvgIpc) is 3.19. The Bertz CT molecular complexity index is 1080. The van der Waals surface area contributed by atoms with Crippen LogP contribution in [0.25, 0.3) is 5.78 Å². The molecule has 2 heterocycles. The summed E-state index contributed by atoms with van der Waals surface area (Å²) in [6.45, 7) is 2.06. The quantitative estimate of drug-likeness (QED) is 0.532. The number of anilines is 1. The summed E-state index contributed by atoms with van der Waals surface area (Å²) in [6.07, 6.45) is 2.34. The predicted molar refractivity (Wildman–Crippen MR) is 105 cm³/mol. The van der Waals surface area contributed by atoms with Gasteiger partial charge in [-0.2, -0.15) is 14.6 Å². The molecule has 0 aliphatic carbocycles. The molecule has 6 nitrogen and oxygen atoms in total. The molecule has 0 bridgehead atoms. The molecule has 0 aliphatic heterocycles. The Morgan fingerprint density at radius 2 is 1.89 bits per heavy atom. The van der Waals surface area contributed by atoms with E-state index in [4.69, 9.17) is 0 Å². The second-order valence-electron chi connectivity index (χ2n) is 5.86. The van der Waals surface area contributed by atoms with Crippen molar-refractivity contribution in [2.45, 2.75) is 23.3 Å². The molecule has 0 atom stereocenters. The number of amides is 1. The van der Waals surface area contributed by atoms with Gasteiger partial charge in [-0.15, -0.1) is 0 Å². The molecule has 0 saturated carbocycles. The number of hydrogen-bond donors (Lipinski definition) is 1. The zero-order valence-corrected chi connectivity index (χ0v) is 15.5. The Morgan fingerprint density at radius 3 is 2.63 bits per heavy atom. The zero-order chi connectivity index (χ0) is 18.6. The normalized spacial score (nSPS) is 10.9. The summed E-state index contributed by atoms with van der Waals surface area (Å²) < 4.78 is 1.73. The molecular weight excluding hydrogens is 358 g/mol. The number of nitrogens with one attached hydrogen (secondary N) is 1. The lowest BCUT2D eigenvalue weighted by Crippen LogP contribution is -2.11. The van der Waals surface area contributed by atoms with Gasteiger partial charge < -0.3 is 5.32 Å². The Morgan fingerprint density at radius 1 is 1.11 bits per heavy atom. The number of rotatable bonds is 5. The van der Waals surface area contributed by atoms with Crippen molar-refractivity contribution >= 4 is 29.1 Å². The fourth-order valence-electron chi connectivity index (χ4n) is 2.61.